The Balaban J connectivity index is 1.21. The molecule has 1 N–H and O–H groups in total. The molecule has 0 aliphatic carbocycles. The molecule has 2 aromatic carbocycles. The highest BCUT2D eigenvalue weighted by molar-refractivity contribution is 6.06. The summed E-state index contributed by atoms with van der Waals surface area (Å²) in [5, 5.41) is 5.16. The molecule has 1 amide bonds. The molecule has 0 bridgehead atoms. The molecule has 1 fully saturated rings. The van der Waals surface area contributed by atoms with Crippen molar-refractivity contribution in [1.29, 1.82) is 0 Å². The Kier molecular flexibility index (Phi) is 5.77. The summed E-state index contributed by atoms with van der Waals surface area (Å²) in [4.78, 5) is 25.9. The minimum absolute atomic E-state index is 0.00263. The van der Waals surface area contributed by atoms with Crippen LogP contribution in [0.25, 0.3) is 10.8 Å². The van der Waals surface area contributed by atoms with Crippen molar-refractivity contribution in [3.05, 3.63) is 66.5 Å². The first kappa shape index (κ1) is 18.4. The molecule has 2 heterocycles. The zero-order valence-corrected chi connectivity index (χ0v) is 15.9. The Morgan fingerprint density at radius 3 is 2.50 bits per heavy atom. The predicted molar refractivity (Wildman–Crippen MR) is 112 cm³/mol. The number of aromatic nitrogens is 2. The van der Waals surface area contributed by atoms with E-state index in [0.717, 1.165) is 61.4 Å². The average Bonchev–Trinajstić information content (AvgIpc) is 2.77. The first-order valence-electron chi connectivity index (χ1n) is 9.81. The zero-order chi connectivity index (χ0) is 19.2. The third kappa shape index (κ3) is 4.28. The van der Waals surface area contributed by atoms with Crippen LogP contribution in [-0.4, -0.2) is 60.0 Å². The second kappa shape index (κ2) is 8.80. The minimum Gasteiger partial charge on any atom is -0.352 e. The lowest BCUT2D eigenvalue weighted by Crippen LogP contribution is -2.47. The summed E-state index contributed by atoms with van der Waals surface area (Å²) >= 11 is 0. The topological polar surface area (TPSA) is 61.4 Å². The van der Waals surface area contributed by atoms with Gasteiger partial charge in [-0.2, -0.15) is 0 Å². The second-order valence-corrected chi connectivity index (χ2v) is 7.01. The number of amides is 1. The van der Waals surface area contributed by atoms with Crippen molar-refractivity contribution in [1.82, 2.24) is 20.2 Å². The number of rotatable bonds is 6. The third-order valence-electron chi connectivity index (χ3n) is 5.18. The SMILES string of the molecule is O=C(NCCCN1CCN(c2ncccn2)CC1)c1cccc2ccccc12. The second-order valence-electron chi connectivity index (χ2n) is 7.01. The maximum absolute atomic E-state index is 12.6. The van der Waals surface area contributed by atoms with Crippen molar-refractivity contribution in [3.63, 3.8) is 0 Å². The molecule has 1 saturated heterocycles. The summed E-state index contributed by atoms with van der Waals surface area (Å²) in [5.41, 5.74) is 0.745. The zero-order valence-electron chi connectivity index (χ0n) is 15.9. The smallest absolute Gasteiger partial charge is 0.251 e. The summed E-state index contributed by atoms with van der Waals surface area (Å²) in [7, 11) is 0. The van der Waals surface area contributed by atoms with E-state index < -0.39 is 0 Å². The van der Waals surface area contributed by atoms with Gasteiger partial charge in [0.05, 0.1) is 0 Å². The first-order valence-corrected chi connectivity index (χ1v) is 9.81. The molecule has 28 heavy (non-hydrogen) atoms. The van der Waals surface area contributed by atoms with Gasteiger partial charge in [-0.25, -0.2) is 9.97 Å². The van der Waals surface area contributed by atoms with Gasteiger partial charge in [0.1, 0.15) is 0 Å². The van der Waals surface area contributed by atoms with Crippen molar-refractivity contribution in [2.24, 2.45) is 0 Å². The Morgan fingerprint density at radius 2 is 1.68 bits per heavy atom. The summed E-state index contributed by atoms with van der Waals surface area (Å²) < 4.78 is 0. The number of carbonyl (C=O) groups excluding carboxylic acids is 1. The number of anilines is 1. The van der Waals surface area contributed by atoms with Gasteiger partial charge in [-0.15, -0.1) is 0 Å². The quantitative estimate of drug-likeness (QED) is 0.671. The van der Waals surface area contributed by atoms with E-state index in [1.165, 1.54) is 0 Å². The maximum atomic E-state index is 12.6. The molecule has 0 saturated carbocycles. The fourth-order valence-corrected chi connectivity index (χ4v) is 3.65. The number of hydrogen-bond acceptors (Lipinski definition) is 5. The number of fused-ring (bicyclic) bond motifs is 1. The van der Waals surface area contributed by atoms with Crippen molar-refractivity contribution in [2.75, 3.05) is 44.2 Å². The number of piperazine rings is 1. The standard InChI is InChI=1S/C22H25N5O/c28-21(20-9-3-7-18-6-1-2-8-19(18)20)23-12-5-13-26-14-16-27(17-15-26)22-24-10-4-11-25-22/h1-4,6-11H,5,12-17H2,(H,23,28). The van der Waals surface area contributed by atoms with Crippen molar-refractivity contribution >= 4 is 22.6 Å². The van der Waals surface area contributed by atoms with E-state index in [1.807, 2.05) is 48.5 Å². The van der Waals surface area contributed by atoms with E-state index in [-0.39, 0.29) is 5.91 Å². The van der Waals surface area contributed by atoms with Crippen LogP contribution in [0.5, 0.6) is 0 Å². The first-order chi connectivity index (χ1) is 13.8. The number of nitrogens with zero attached hydrogens (tertiary/aromatic N) is 4. The molecule has 1 aliphatic rings. The van der Waals surface area contributed by atoms with Crippen LogP contribution in [0.1, 0.15) is 16.8 Å². The van der Waals surface area contributed by atoms with Gasteiger partial charge in [0.2, 0.25) is 5.95 Å². The van der Waals surface area contributed by atoms with Crippen molar-refractivity contribution in [3.8, 4) is 0 Å². The maximum Gasteiger partial charge on any atom is 0.251 e. The van der Waals surface area contributed by atoms with Gasteiger partial charge in [0, 0.05) is 50.7 Å². The Morgan fingerprint density at radius 1 is 0.929 bits per heavy atom. The number of carbonyl (C=O) groups is 1. The van der Waals surface area contributed by atoms with Crippen LogP contribution in [-0.2, 0) is 0 Å². The number of hydrogen-bond donors (Lipinski definition) is 1. The van der Waals surface area contributed by atoms with E-state index in [9.17, 15) is 4.79 Å². The summed E-state index contributed by atoms with van der Waals surface area (Å²) in [6.45, 7) is 5.53. The molecule has 0 spiro atoms. The van der Waals surface area contributed by atoms with Gasteiger partial charge in [-0.1, -0.05) is 36.4 Å². The molecule has 0 radical (unpaired) electrons. The molecule has 1 aromatic heterocycles. The molecule has 1 aliphatic heterocycles. The van der Waals surface area contributed by atoms with E-state index in [0.29, 0.717) is 6.54 Å². The average molecular weight is 375 g/mol. The van der Waals surface area contributed by atoms with Crippen LogP contribution in [0.3, 0.4) is 0 Å². The van der Waals surface area contributed by atoms with Crippen LogP contribution in [0.4, 0.5) is 5.95 Å². The van der Waals surface area contributed by atoms with Crippen LogP contribution in [0.2, 0.25) is 0 Å². The Hall–Kier alpha value is -2.99. The highest BCUT2D eigenvalue weighted by Gasteiger charge is 2.18. The normalized spacial score (nSPS) is 14.9. The molecule has 4 rings (SSSR count). The molecule has 6 heteroatoms. The Bertz CT molecular complexity index is 917. The van der Waals surface area contributed by atoms with Gasteiger partial charge in [-0.3, -0.25) is 9.69 Å². The van der Waals surface area contributed by atoms with Gasteiger partial charge >= 0.3 is 0 Å². The number of benzene rings is 2. The minimum atomic E-state index is 0.00263. The monoisotopic (exact) mass is 375 g/mol. The molecule has 0 unspecified atom stereocenters. The fourth-order valence-electron chi connectivity index (χ4n) is 3.65. The fraction of sp³-hybridized carbons (Fsp3) is 0.318. The highest BCUT2D eigenvalue weighted by atomic mass is 16.1. The summed E-state index contributed by atoms with van der Waals surface area (Å²) in [5.74, 6) is 0.812. The van der Waals surface area contributed by atoms with Gasteiger partial charge < -0.3 is 10.2 Å². The Labute approximate surface area is 165 Å². The lowest BCUT2D eigenvalue weighted by molar-refractivity contribution is 0.0953. The molecule has 144 valence electrons. The third-order valence-corrected chi connectivity index (χ3v) is 5.18. The van der Waals surface area contributed by atoms with E-state index in [2.05, 4.69) is 25.1 Å². The van der Waals surface area contributed by atoms with Crippen LogP contribution in [0, 0.1) is 0 Å². The molecule has 3 aromatic rings. The molecule has 6 nitrogen and oxygen atoms in total. The van der Waals surface area contributed by atoms with Crippen LogP contribution in [0.15, 0.2) is 60.9 Å². The lowest BCUT2D eigenvalue weighted by atomic mass is 10.0. The van der Waals surface area contributed by atoms with Crippen LogP contribution >= 0.6 is 0 Å². The highest BCUT2D eigenvalue weighted by Crippen LogP contribution is 2.18. The van der Waals surface area contributed by atoms with E-state index >= 15 is 0 Å². The van der Waals surface area contributed by atoms with Gasteiger partial charge in [0.15, 0.2) is 0 Å². The van der Waals surface area contributed by atoms with Crippen molar-refractivity contribution < 1.29 is 4.79 Å². The summed E-state index contributed by atoms with van der Waals surface area (Å²) in [6, 6.07) is 15.7. The molecular weight excluding hydrogens is 350 g/mol. The predicted octanol–water partition coefficient (Wildman–Crippen LogP) is 2.57. The molecular formula is C22H25N5O. The lowest BCUT2D eigenvalue weighted by Gasteiger charge is -2.34. The van der Waals surface area contributed by atoms with E-state index in [1.54, 1.807) is 12.4 Å². The van der Waals surface area contributed by atoms with Gasteiger partial charge in [-0.05, 0) is 35.9 Å². The van der Waals surface area contributed by atoms with Crippen LogP contribution < -0.4 is 10.2 Å². The largest absolute Gasteiger partial charge is 0.352 e. The number of nitrogens with one attached hydrogen (secondary N) is 1. The van der Waals surface area contributed by atoms with E-state index in [4.69, 9.17) is 0 Å². The van der Waals surface area contributed by atoms with Gasteiger partial charge in [0.25, 0.3) is 5.91 Å². The van der Waals surface area contributed by atoms with Crippen molar-refractivity contribution in [2.45, 2.75) is 6.42 Å². The summed E-state index contributed by atoms with van der Waals surface area (Å²) in [6.07, 6.45) is 4.51. The molecule has 0 atom stereocenters.